The van der Waals surface area contributed by atoms with E-state index in [-0.39, 0.29) is 24.4 Å². The van der Waals surface area contributed by atoms with Crippen molar-refractivity contribution in [1.29, 1.82) is 0 Å². The van der Waals surface area contributed by atoms with Crippen LogP contribution in [-0.2, 0) is 9.47 Å². The number of piperidine rings is 1. The minimum Gasteiger partial charge on any atom is -0.396 e. The molecular formula is C17H24ClNO3. The fourth-order valence-corrected chi connectivity index (χ4v) is 3.46. The summed E-state index contributed by atoms with van der Waals surface area (Å²) in [7, 11) is 0. The van der Waals surface area contributed by atoms with E-state index < -0.39 is 0 Å². The van der Waals surface area contributed by atoms with Gasteiger partial charge in [-0.25, -0.2) is 0 Å². The van der Waals surface area contributed by atoms with E-state index in [1.54, 1.807) is 0 Å². The first kappa shape index (κ1) is 16.2. The molecule has 0 radical (unpaired) electrons. The quantitative estimate of drug-likeness (QED) is 0.924. The van der Waals surface area contributed by atoms with Crippen molar-refractivity contribution in [1.82, 2.24) is 4.90 Å². The lowest BCUT2D eigenvalue weighted by Gasteiger charge is -2.40. The zero-order valence-electron chi connectivity index (χ0n) is 13.0. The molecule has 2 heterocycles. The Morgan fingerprint density at radius 1 is 1.36 bits per heavy atom. The largest absolute Gasteiger partial charge is 0.396 e. The van der Waals surface area contributed by atoms with Crippen molar-refractivity contribution in [2.45, 2.75) is 32.2 Å². The standard InChI is InChI=1S/C17H24ClNO3/c1-17(12-20)7-2-8-19(11-17)9-15-10-21-16(22-15)13-3-5-14(18)6-4-13/h3-6,15-16,20H,2,7-12H2,1H3/t15-,16-,17-/m0/s1. The monoisotopic (exact) mass is 325 g/mol. The maximum absolute atomic E-state index is 9.55. The van der Waals surface area contributed by atoms with E-state index in [4.69, 9.17) is 21.1 Å². The summed E-state index contributed by atoms with van der Waals surface area (Å²) in [6.45, 7) is 5.87. The van der Waals surface area contributed by atoms with Gasteiger partial charge in [0.2, 0.25) is 0 Å². The highest BCUT2D eigenvalue weighted by atomic mass is 35.5. The van der Waals surface area contributed by atoms with Crippen LogP contribution in [0.3, 0.4) is 0 Å². The first-order valence-electron chi connectivity index (χ1n) is 7.94. The summed E-state index contributed by atoms with van der Waals surface area (Å²) in [5.41, 5.74) is 1.03. The van der Waals surface area contributed by atoms with Crippen LogP contribution in [0.15, 0.2) is 24.3 Å². The number of nitrogens with zero attached hydrogens (tertiary/aromatic N) is 1. The molecule has 3 rings (SSSR count). The topological polar surface area (TPSA) is 41.9 Å². The van der Waals surface area contributed by atoms with Gasteiger partial charge in [0, 0.05) is 35.7 Å². The third-order valence-corrected chi connectivity index (χ3v) is 4.85. The van der Waals surface area contributed by atoms with E-state index in [1.807, 2.05) is 24.3 Å². The zero-order chi connectivity index (χ0) is 15.6. The van der Waals surface area contributed by atoms with Crippen LogP contribution in [0.1, 0.15) is 31.6 Å². The van der Waals surface area contributed by atoms with Crippen LogP contribution in [0.25, 0.3) is 0 Å². The molecule has 4 nitrogen and oxygen atoms in total. The van der Waals surface area contributed by atoms with Gasteiger partial charge < -0.3 is 19.5 Å². The number of ether oxygens (including phenoxy) is 2. The van der Waals surface area contributed by atoms with Gasteiger partial charge in [-0.05, 0) is 31.5 Å². The number of likely N-dealkylation sites (tertiary alicyclic amines) is 1. The minimum atomic E-state index is -0.295. The highest BCUT2D eigenvalue weighted by Crippen LogP contribution is 2.31. The summed E-state index contributed by atoms with van der Waals surface area (Å²) >= 11 is 5.91. The lowest BCUT2D eigenvalue weighted by Crippen LogP contribution is -2.46. The maximum Gasteiger partial charge on any atom is 0.184 e. The van der Waals surface area contributed by atoms with E-state index in [0.29, 0.717) is 6.61 Å². The molecule has 1 N–H and O–H groups in total. The predicted octanol–water partition coefficient (Wildman–Crippen LogP) is 2.85. The first-order valence-corrected chi connectivity index (χ1v) is 8.31. The number of hydrogen-bond donors (Lipinski definition) is 1. The van der Waals surface area contributed by atoms with Crippen molar-refractivity contribution in [3.63, 3.8) is 0 Å². The minimum absolute atomic E-state index is 0.0211. The van der Waals surface area contributed by atoms with Crippen LogP contribution < -0.4 is 0 Å². The smallest absolute Gasteiger partial charge is 0.184 e. The van der Waals surface area contributed by atoms with E-state index in [1.165, 1.54) is 0 Å². The number of aliphatic hydroxyl groups is 1. The van der Waals surface area contributed by atoms with Gasteiger partial charge in [-0.1, -0.05) is 30.7 Å². The average molecular weight is 326 g/mol. The molecular weight excluding hydrogens is 302 g/mol. The summed E-state index contributed by atoms with van der Waals surface area (Å²) in [6.07, 6.45) is 2.01. The van der Waals surface area contributed by atoms with Gasteiger partial charge in [-0.15, -0.1) is 0 Å². The van der Waals surface area contributed by atoms with Crippen LogP contribution in [0.2, 0.25) is 5.02 Å². The fraction of sp³-hybridized carbons (Fsp3) is 0.647. The second-order valence-corrected chi connectivity index (χ2v) is 7.22. The Hall–Kier alpha value is -0.650. The van der Waals surface area contributed by atoms with Gasteiger partial charge in [0.15, 0.2) is 6.29 Å². The molecule has 2 saturated heterocycles. The molecule has 0 aliphatic carbocycles. The summed E-state index contributed by atoms with van der Waals surface area (Å²) in [4.78, 5) is 2.39. The Balaban J connectivity index is 1.53. The van der Waals surface area contributed by atoms with Crippen LogP contribution in [0.4, 0.5) is 0 Å². The summed E-state index contributed by atoms with van der Waals surface area (Å²) in [5, 5.41) is 10.3. The van der Waals surface area contributed by atoms with Gasteiger partial charge in [-0.3, -0.25) is 0 Å². The number of hydrogen-bond acceptors (Lipinski definition) is 4. The Bertz CT molecular complexity index is 495. The fourth-order valence-electron chi connectivity index (χ4n) is 3.34. The van der Waals surface area contributed by atoms with E-state index in [0.717, 1.165) is 43.1 Å². The van der Waals surface area contributed by atoms with Crippen molar-refractivity contribution in [3.05, 3.63) is 34.9 Å². The van der Waals surface area contributed by atoms with Crippen molar-refractivity contribution < 1.29 is 14.6 Å². The second kappa shape index (κ2) is 6.85. The summed E-state index contributed by atoms with van der Waals surface area (Å²) in [5.74, 6) is 0. The van der Waals surface area contributed by atoms with Crippen LogP contribution >= 0.6 is 11.6 Å². The SMILES string of the molecule is C[C@]1(CO)CCCN(C[C@H]2CO[C@H](c3ccc(Cl)cc3)O2)C1. The second-order valence-electron chi connectivity index (χ2n) is 6.78. The normalized spacial score (nSPS) is 33.2. The van der Waals surface area contributed by atoms with E-state index in [9.17, 15) is 5.11 Å². The molecule has 0 bridgehead atoms. The lowest BCUT2D eigenvalue weighted by atomic mass is 9.83. The molecule has 2 aliphatic rings. The van der Waals surface area contributed by atoms with Gasteiger partial charge in [-0.2, -0.15) is 0 Å². The number of benzene rings is 1. The number of aliphatic hydroxyl groups excluding tert-OH is 1. The van der Waals surface area contributed by atoms with Crippen molar-refractivity contribution in [2.75, 3.05) is 32.8 Å². The van der Waals surface area contributed by atoms with Gasteiger partial charge in [0.1, 0.15) is 0 Å². The molecule has 1 aromatic rings. The van der Waals surface area contributed by atoms with Crippen LogP contribution in [0.5, 0.6) is 0 Å². The van der Waals surface area contributed by atoms with E-state index in [2.05, 4.69) is 11.8 Å². The van der Waals surface area contributed by atoms with Crippen molar-refractivity contribution in [2.24, 2.45) is 5.41 Å². The highest BCUT2D eigenvalue weighted by Gasteiger charge is 2.34. The third kappa shape index (κ3) is 3.81. The number of halogens is 1. The first-order chi connectivity index (χ1) is 10.6. The molecule has 0 saturated carbocycles. The molecule has 2 fully saturated rings. The summed E-state index contributed by atoms with van der Waals surface area (Å²) < 4.78 is 11.8. The van der Waals surface area contributed by atoms with Gasteiger partial charge in [0.25, 0.3) is 0 Å². The van der Waals surface area contributed by atoms with E-state index >= 15 is 0 Å². The Labute approximate surface area is 137 Å². The Morgan fingerprint density at radius 3 is 2.86 bits per heavy atom. The molecule has 2 aliphatic heterocycles. The molecule has 0 amide bonds. The Kier molecular flexibility index (Phi) is 5.05. The average Bonchev–Trinajstić information content (AvgIpc) is 2.96. The predicted molar refractivity (Wildman–Crippen MR) is 85.9 cm³/mol. The molecule has 3 atom stereocenters. The molecule has 5 heteroatoms. The Morgan fingerprint density at radius 2 is 2.14 bits per heavy atom. The molecule has 122 valence electrons. The molecule has 0 aromatic heterocycles. The molecule has 0 unspecified atom stereocenters. The third-order valence-electron chi connectivity index (χ3n) is 4.60. The summed E-state index contributed by atoms with van der Waals surface area (Å²) in [6, 6.07) is 7.60. The maximum atomic E-state index is 9.55. The number of rotatable bonds is 4. The van der Waals surface area contributed by atoms with Crippen LogP contribution in [0, 0.1) is 5.41 Å². The van der Waals surface area contributed by atoms with Crippen molar-refractivity contribution >= 4 is 11.6 Å². The van der Waals surface area contributed by atoms with Gasteiger partial charge in [0.05, 0.1) is 12.7 Å². The molecule has 22 heavy (non-hydrogen) atoms. The van der Waals surface area contributed by atoms with Crippen LogP contribution in [-0.4, -0.2) is 49.0 Å². The van der Waals surface area contributed by atoms with Crippen molar-refractivity contribution in [3.8, 4) is 0 Å². The van der Waals surface area contributed by atoms with Gasteiger partial charge >= 0.3 is 0 Å². The molecule has 1 aromatic carbocycles. The zero-order valence-corrected chi connectivity index (χ0v) is 13.8. The molecule has 0 spiro atoms. The highest BCUT2D eigenvalue weighted by molar-refractivity contribution is 6.30. The lowest BCUT2D eigenvalue weighted by molar-refractivity contribution is -0.0681.